The van der Waals surface area contributed by atoms with Gasteiger partial charge in [0.1, 0.15) is 11.5 Å². The number of rotatable bonds is 11. The molecule has 0 spiro atoms. The number of nitrogens with zero attached hydrogens (tertiary/aromatic N) is 1. The molecule has 0 saturated heterocycles. The third kappa shape index (κ3) is 8.17. The third-order valence-corrected chi connectivity index (χ3v) is 5.94. The normalized spacial score (nSPS) is 12.0. The highest BCUT2D eigenvalue weighted by atomic mass is 16.5. The Morgan fingerprint density at radius 1 is 0.743 bits per heavy atom. The minimum absolute atomic E-state index is 0.0795. The first-order valence-electron chi connectivity index (χ1n) is 12.6. The number of carbonyl (C=O) groups excluding carboxylic acids is 1. The number of carbonyl (C=O) groups is 1. The van der Waals surface area contributed by atoms with E-state index in [4.69, 9.17) is 9.47 Å². The molecule has 0 aliphatic rings. The summed E-state index contributed by atoms with van der Waals surface area (Å²) in [5.74, 6) is 1.99. The molecule has 1 atom stereocenters. The van der Waals surface area contributed by atoms with E-state index in [9.17, 15) is 4.79 Å². The van der Waals surface area contributed by atoms with E-state index in [2.05, 4.69) is 43.3 Å². The monoisotopic (exact) mass is 473 g/mol. The van der Waals surface area contributed by atoms with Crippen LogP contribution in [0.2, 0.25) is 0 Å². The molecule has 0 N–H and O–H groups in total. The molecule has 3 rings (SSSR count). The first kappa shape index (κ1) is 26.3. The molecule has 0 aliphatic heterocycles. The molecule has 3 aromatic carbocycles. The Labute approximate surface area is 210 Å². The van der Waals surface area contributed by atoms with E-state index >= 15 is 0 Å². The van der Waals surface area contributed by atoms with E-state index < -0.39 is 0 Å². The van der Waals surface area contributed by atoms with Crippen molar-refractivity contribution in [2.45, 2.75) is 72.6 Å². The summed E-state index contributed by atoms with van der Waals surface area (Å²) in [6.07, 6.45) is 1.12. The van der Waals surface area contributed by atoms with Crippen LogP contribution in [0.25, 0.3) is 0 Å². The minimum Gasteiger partial charge on any atom is -0.491 e. The maximum Gasteiger partial charge on any atom is 0.219 e. The highest BCUT2D eigenvalue weighted by Crippen LogP contribution is 2.30. The van der Waals surface area contributed by atoms with Gasteiger partial charge in [0, 0.05) is 25.9 Å². The molecule has 1 amide bonds. The zero-order valence-corrected chi connectivity index (χ0v) is 22.0. The molecule has 0 radical (unpaired) electrons. The summed E-state index contributed by atoms with van der Waals surface area (Å²) in [4.78, 5) is 14.4. The molecular weight excluding hydrogens is 434 g/mol. The van der Waals surface area contributed by atoms with Crippen LogP contribution in [0.3, 0.4) is 0 Å². The number of hydrogen-bond acceptors (Lipinski definition) is 3. The molecule has 3 aromatic rings. The molecule has 35 heavy (non-hydrogen) atoms. The number of benzene rings is 3. The zero-order valence-electron chi connectivity index (χ0n) is 22.0. The zero-order chi connectivity index (χ0) is 25.4. The second kappa shape index (κ2) is 12.4. The molecule has 0 aromatic heterocycles. The summed E-state index contributed by atoms with van der Waals surface area (Å²) in [5, 5.41) is 0. The van der Waals surface area contributed by atoms with Gasteiger partial charge in [-0.1, -0.05) is 54.1 Å². The summed E-state index contributed by atoms with van der Waals surface area (Å²) in [6, 6.07) is 25.1. The van der Waals surface area contributed by atoms with Gasteiger partial charge in [-0.25, -0.2) is 0 Å². The Morgan fingerprint density at radius 2 is 1.20 bits per heavy atom. The lowest BCUT2D eigenvalue weighted by molar-refractivity contribution is -0.129. The van der Waals surface area contributed by atoms with Gasteiger partial charge >= 0.3 is 0 Å². The van der Waals surface area contributed by atoms with Gasteiger partial charge in [0.25, 0.3) is 0 Å². The fourth-order valence-corrected chi connectivity index (χ4v) is 4.17. The number of aryl methyl sites for hydroxylation is 1. The van der Waals surface area contributed by atoms with Crippen LogP contribution in [-0.2, 0) is 11.3 Å². The topological polar surface area (TPSA) is 38.8 Å². The molecule has 0 aliphatic carbocycles. The van der Waals surface area contributed by atoms with Crippen LogP contribution in [0.1, 0.15) is 69.2 Å². The highest BCUT2D eigenvalue weighted by Gasteiger charge is 2.18. The van der Waals surface area contributed by atoms with Crippen molar-refractivity contribution < 1.29 is 14.3 Å². The SMILES string of the molecule is CC(=O)N(CCC(c1ccc(C)cc1)c1ccc(OC(C)C)cc1)Cc1ccc(OC(C)C)cc1. The van der Waals surface area contributed by atoms with Gasteiger partial charge < -0.3 is 14.4 Å². The Bertz CT molecular complexity index is 1050. The van der Waals surface area contributed by atoms with E-state index in [0.717, 1.165) is 23.5 Å². The third-order valence-electron chi connectivity index (χ3n) is 5.94. The van der Waals surface area contributed by atoms with E-state index in [1.165, 1.54) is 16.7 Å². The first-order chi connectivity index (χ1) is 16.7. The van der Waals surface area contributed by atoms with Gasteiger partial charge in [-0.05, 0) is 82.0 Å². The summed E-state index contributed by atoms with van der Waals surface area (Å²) in [7, 11) is 0. The molecule has 0 fully saturated rings. The molecule has 0 bridgehead atoms. The smallest absolute Gasteiger partial charge is 0.219 e. The summed E-state index contributed by atoms with van der Waals surface area (Å²) >= 11 is 0. The largest absolute Gasteiger partial charge is 0.491 e. The van der Waals surface area contributed by atoms with E-state index in [1.807, 2.05) is 69.0 Å². The lowest BCUT2D eigenvalue weighted by Crippen LogP contribution is -2.30. The van der Waals surface area contributed by atoms with Gasteiger partial charge in [-0.2, -0.15) is 0 Å². The van der Waals surface area contributed by atoms with Crippen molar-refractivity contribution in [3.8, 4) is 11.5 Å². The summed E-state index contributed by atoms with van der Waals surface area (Å²) < 4.78 is 11.6. The van der Waals surface area contributed by atoms with E-state index in [0.29, 0.717) is 13.1 Å². The lowest BCUT2D eigenvalue weighted by atomic mass is 9.88. The van der Waals surface area contributed by atoms with Crippen molar-refractivity contribution in [1.82, 2.24) is 4.90 Å². The van der Waals surface area contributed by atoms with E-state index in [1.54, 1.807) is 6.92 Å². The quantitative estimate of drug-likeness (QED) is 0.297. The second-order valence-corrected chi connectivity index (χ2v) is 9.74. The predicted molar refractivity (Wildman–Crippen MR) is 143 cm³/mol. The Kier molecular flexibility index (Phi) is 9.36. The van der Waals surface area contributed by atoms with Crippen LogP contribution < -0.4 is 9.47 Å². The van der Waals surface area contributed by atoms with E-state index in [-0.39, 0.29) is 24.0 Å². The molecule has 4 heteroatoms. The standard InChI is InChI=1S/C31H39NO3/c1-22(2)34-29-15-9-26(10-16-29)21-32(25(6)33)20-19-31(27-11-7-24(5)8-12-27)28-13-17-30(18-14-28)35-23(3)4/h7-18,22-23,31H,19-21H2,1-6H3. The second-order valence-electron chi connectivity index (χ2n) is 9.74. The summed E-state index contributed by atoms with van der Waals surface area (Å²) in [5.41, 5.74) is 4.82. The van der Waals surface area contributed by atoms with Crippen molar-refractivity contribution in [3.05, 3.63) is 95.1 Å². The van der Waals surface area contributed by atoms with Gasteiger partial charge in [0.05, 0.1) is 12.2 Å². The molecule has 186 valence electrons. The van der Waals surface area contributed by atoms with Gasteiger partial charge in [0.2, 0.25) is 5.91 Å². The van der Waals surface area contributed by atoms with Crippen LogP contribution in [0.5, 0.6) is 11.5 Å². The fraction of sp³-hybridized carbons (Fsp3) is 0.387. The maximum absolute atomic E-state index is 12.5. The van der Waals surface area contributed by atoms with Crippen molar-refractivity contribution in [2.24, 2.45) is 0 Å². The van der Waals surface area contributed by atoms with Gasteiger partial charge in [-0.3, -0.25) is 4.79 Å². The number of amides is 1. The average molecular weight is 474 g/mol. The number of ether oxygens (including phenoxy) is 2. The van der Waals surface area contributed by atoms with Crippen LogP contribution in [0.4, 0.5) is 0 Å². The Morgan fingerprint density at radius 3 is 1.66 bits per heavy atom. The van der Waals surface area contributed by atoms with Crippen molar-refractivity contribution in [1.29, 1.82) is 0 Å². The van der Waals surface area contributed by atoms with Crippen molar-refractivity contribution >= 4 is 5.91 Å². The van der Waals surface area contributed by atoms with Gasteiger partial charge in [0.15, 0.2) is 0 Å². The molecule has 0 heterocycles. The lowest BCUT2D eigenvalue weighted by Gasteiger charge is -2.25. The fourth-order valence-electron chi connectivity index (χ4n) is 4.17. The molecular formula is C31H39NO3. The minimum atomic E-state index is 0.0795. The molecule has 0 saturated carbocycles. The van der Waals surface area contributed by atoms with Crippen LogP contribution in [0.15, 0.2) is 72.8 Å². The van der Waals surface area contributed by atoms with Crippen LogP contribution >= 0.6 is 0 Å². The van der Waals surface area contributed by atoms with Crippen molar-refractivity contribution in [2.75, 3.05) is 6.54 Å². The van der Waals surface area contributed by atoms with Gasteiger partial charge in [-0.15, -0.1) is 0 Å². The Balaban J connectivity index is 1.76. The summed E-state index contributed by atoms with van der Waals surface area (Å²) in [6.45, 7) is 13.1. The average Bonchev–Trinajstić information content (AvgIpc) is 2.80. The number of hydrogen-bond donors (Lipinski definition) is 0. The molecule has 1 unspecified atom stereocenters. The Hall–Kier alpha value is -3.27. The van der Waals surface area contributed by atoms with Crippen molar-refractivity contribution in [3.63, 3.8) is 0 Å². The first-order valence-corrected chi connectivity index (χ1v) is 12.6. The molecule has 4 nitrogen and oxygen atoms in total. The predicted octanol–water partition coefficient (Wildman–Crippen LogP) is 7.14. The maximum atomic E-state index is 12.5. The van der Waals surface area contributed by atoms with Crippen LogP contribution in [-0.4, -0.2) is 29.6 Å². The van der Waals surface area contributed by atoms with Crippen LogP contribution in [0, 0.1) is 6.92 Å². The highest BCUT2D eigenvalue weighted by molar-refractivity contribution is 5.73.